The van der Waals surface area contributed by atoms with Gasteiger partial charge in [-0.25, -0.2) is 13.6 Å². The molecule has 0 heterocycles. The molecule has 1 aliphatic carbocycles. The molecule has 0 aromatic rings. The topological polar surface area (TPSA) is 60.2 Å². The van der Waals surface area contributed by atoms with Crippen molar-refractivity contribution in [2.75, 3.05) is 0 Å². The van der Waals surface area contributed by atoms with E-state index in [2.05, 4.69) is 5.14 Å². The Morgan fingerprint density at radius 2 is 1.67 bits per heavy atom. The number of rotatable bonds is 1. The van der Waals surface area contributed by atoms with Crippen LogP contribution < -0.4 is 5.14 Å². The van der Waals surface area contributed by atoms with Crippen molar-refractivity contribution in [3.05, 3.63) is 0 Å². The lowest BCUT2D eigenvalue weighted by Gasteiger charge is -2.34. The summed E-state index contributed by atoms with van der Waals surface area (Å²) >= 11 is 0. The van der Waals surface area contributed by atoms with Gasteiger partial charge in [-0.05, 0) is 12.8 Å². The van der Waals surface area contributed by atoms with Crippen LogP contribution in [0.1, 0.15) is 12.8 Å². The van der Waals surface area contributed by atoms with E-state index in [9.17, 15) is 21.6 Å². The molecule has 3 nitrogen and oxygen atoms in total. The normalized spacial score (nSPS) is 31.3. The summed E-state index contributed by atoms with van der Waals surface area (Å²) in [5, 5.41) is 3.65. The Bertz CT molecular complexity index is 265. The Labute approximate surface area is 67.8 Å². The maximum Gasteiger partial charge on any atom is 0.391 e. The molecule has 0 spiro atoms. The first kappa shape index (κ1) is 9.79. The van der Waals surface area contributed by atoms with Gasteiger partial charge in [0.2, 0.25) is 10.0 Å². The van der Waals surface area contributed by atoms with Crippen LogP contribution in [0.3, 0.4) is 0 Å². The molecular formula is C5H8F3NO2S. The van der Waals surface area contributed by atoms with Crippen molar-refractivity contribution in [2.24, 2.45) is 11.1 Å². The fourth-order valence-electron chi connectivity index (χ4n) is 1.10. The zero-order valence-corrected chi connectivity index (χ0v) is 6.82. The number of hydrogen-bond acceptors (Lipinski definition) is 2. The molecule has 0 saturated heterocycles. The summed E-state index contributed by atoms with van der Waals surface area (Å²) < 4.78 is 56.5. The van der Waals surface area contributed by atoms with Crippen molar-refractivity contribution in [2.45, 2.75) is 24.3 Å². The van der Waals surface area contributed by atoms with Crippen molar-refractivity contribution in [3.63, 3.8) is 0 Å². The first-order valence-electron chi connectivity index (χ1n) is 3.29. The smallest absolute Gasteiger partial charge is 0.228 e. The first-order valence-corrected chi connectivity index (χ1v) is 4.90. The summed E-state index contributed by atoms with van der Waals surface area (Å²) in [5.74, 6) is -1.49. The molecular weight excluding hydrogens is 195 g/mol. The van der Waals surface area contributed by atoms with Gasteiger partial charge in [-0.3, -0.25) is 0 Å². The van der Waals surface area contributed by atoms with E-state index in [0.29, 0.717) is 0 Å². The molecule has 0 amide bonds. The maximum atomic E-state index is 11.8. The average molecular weight is 203 g/mol. The highest BCUT2D eigenvalue weighted by Gasteiger charge is 2.51. The van der Waals surface area contributed by atoms with Gasteiger partial charge >= 0.3 is 6.18 Å². The van der Waals surface area contributed by atoms with E-state index in [0.717, 1.165) is 0 Å². The van der Waals surface area contributed by atoms with Gasteiger partial charge in [0.15, 0.2) is 0 Å². The van der Waals surface area contributed by atoms with Crippen LogP contribution in [-0.4, -0.2) is 19.8 Å². The third kappa shape index (κ3) is 1.89. The first-order chi connectivity index (χ1) is 5.21. The van der Waals surface area contributed by atoms with Crippen LogP contribution in [0.15, 0.2) is 0 Å². The van der Waals surface area contributed by atoms with Crippen LogP contribution in [0, 0.1) is 5.92 Å². The molecule has 0 aromatic heterocycles. The Kier molecular flexibility index (Phi) is 2.12. The molecule has 0 radical (unpaired) electrons. The molecule has 0 unspecified atom stereocenters. The average Bonchev–Trinajstić information content (AvgIpc) is 1.46. The van der Waals surface area contributed by atoms with Gasteiger partial charge in [-0.15, -0.1) is 0 Å². The minimum Gasteiger partial charge on any atom is -0.228 e. The van der Waals surface area contributed by atoms with Crippen molar-refractivity contribution in [1.29, 1.82) is 0 Å². The largest absolute Gasteiger partial charge is 0.391 e. The highest BCUT2D eigenvalue weighted by atomic mass is 32.2. The Morgan fingerprint density at radius 1 is 1.25 bits per heavy atom. The SMILES string of the molecule is NS(=O)(=O)C1CC(C(F)(F)F)C1. The molecule has 1 saturated carbocycles. The summed E-state index contributed by atoms with van der Waals surface area (Å²) in [6, 6.07) is 0. The van der Waals surface area contributed by atoms with Crippen molar-refractivity contribution >= 4 is 10.0 Å². The van der Waals surface area contributed by atoms with Crippen molar-refractivity contribution in [1.82, 2.24) is 0 Å². The second kappa shape index (κ2) is 2.59. The number of primary sulfonamides is 1. The maximum absolute atomic E-state index is 11.8. The molecule has 0 aliphatic heterocycles. The van der Waals surface area contributed by atoms with Gasteiger partial charge in [0.05, 0.1) is 11.2 Å². The second-order valence-corrected chi connectivity index (χ2v) is 4.77. The summed E-state index contributed by atoms with van der Waals surface area (Å²) in [6.07, 6.45) is -5.05. The number of hydrogen-bond donors (Lipinski definition) is 1. The minimum atomic E-state index is -4.28. The second-order valence-electron chi connectivity index (χ2n) is 2.92. The van der Waals surface area contributed by atoms with E-state index in [1.807, 2.05) is 0 Å². The standard InChI is InChI=1S/C5H8F3NO2S/c6-5(7,8)3-1-4(2-3)12(9,10)11/h3-4H,1-2H2,(H2,9,10,11). The number of alkyl halides is 3. The van der Waals surface area contributed by atoms with E-state index in [4.69, 9.17) is 0 Å². The number of nitrogens with two attached hydrogens (primary N) is 1. The van der Waals surface area contributed by atoms with Crippen molar-refractivity contribution < 1.29 is 21.6 Å². The van der Waals surface area contributed by atoms with Crippen molar-refractivity contribution in [3.8, 4) is 0 Å². The summed E-state index contributed by atoms with van der Waals surface area (Å²) in [4.78, 5) is 0. The van der Waals surface area contributed by atoms with E-state index >= 15 is 0 Å². The Morgan fingerprint density at radius 3 is 1.92 bits per heavy atom. The van der Waals surface area contributed by atoms with Gasteiger partial charge in [0, 0.05) is 0 Å². The van der Waals surface area contributed by atoms with Crippen LogP contribution in [0.2, 0.25) is 0 Å². The minimum absolute atomic E-state index is 0.387. The van der Waals surface area contributed by atoms with Gasteiger partial charge in [0.1, 0.15) is 0 Å². The highest BCUT2D eigenvalue weighted by molar-refractivity contribution is 7.89. The van der Waals surface area contributed by atoms with Crippen LogP contribution >= 0.6 is 0 Å². The molecule has 0 bridgehead atoms. The zero-order valence-electron chi connectivity index (χ0n) is 6.00. The van der Waals surface area contributed by atoms with E-state index in [1.165, 1.54) is 0 Å². The monoisotopic (exact) mass is 203 g/mol. The third-order valence-electron chi connectivity index (χ3n) is 2.02. The van der Waals surface area contributed by atoms with Gasteiger partial charge < -0.3 is 0 Å². The van der Waals surface area contributed by atoms with Gasteiger partial charge in [-0.2, -0.15) is 13.2 Å². The zero-order chi connectivity index (χ0) is 9.57. The number of halogens is 3. The summed E-state index contributed by atoms with van der Waals surface area (Å²) in [5.41, 5.74) is 0. The van der Waals surface area contributed by atoms with E-state index < -0.39 is 27.4 Å². The lowest BCUT2D eigenvalue weighted by atomic mass is 9.84. The lowest BCUT2D eigenvalue weighted by molar-refractivity contribution is -0.192. The van der Waals surface area contributed by atoms with Crippen LogP contribution in [0.5, 0.6) is 0 Å². The predicted octanol–water partition coefficient (Wildman–Crippen LogP) is 0.616. The lowest BCUT2D eigenvalue weighted by Crippen LogP contribution is -2.45. The Balaban J connectivity index is 2.50. The fourth-order valence-corrected chi connectivity index (χ4v) is 2.10. The molecule has 7 heteroatoms. The third-order valence-corrected chi connectivity index (χ3v) is 3.34. The molecule has 12 heavy (non-hydrogen) atoms. The fraction of sp³-hybridized carbons (Fsp3) is 1.00. The molecule has 72 valence electrons. The van der Waals surface area contributed by atoms with Gasteiger partial charge in [-0.1, -0.05) is 0 Å². The van der Waals surface area contributed by atoms with Crippen LogP contribution in [0.4, 0.5) is 13.2 Å². The molecule has 2 N–H and O–H groups in total. The van der Waals surface area contributed by atoms with Crippen LogP contribution in [0.25, 0.3) is 0 Å². The predicted molar refractivity (Wildman–Crippen MR) is 35.7 cm³/mol. The molecule has 0 atom stereocenters. The Hall–Kier alpha value is -0.300. The molecule has 0 aromatic carbocycles. The molecule has 1 rings (SSSR count). The number of sulfonamides is 1. The molecule has 1 aliphatic rings. The summed E-state index contributed by atoms with van der Waals surface area (Å²) in [7, 11) is -3.76. The molecule has 1 fully saturated rings. The van der Waals surface area contributed by atoms with Gasteiger partial charge in [0.25, 0.3) is 0 Å². The van der Waals surface area contributed by atoms with E-state index in [1.54, 1.807) is 0 Å². The quantitative estimate of drug-likeness (QED) is 0.679. The van der Waals surface area contributed by atoms with E-state index in [-0.39, 0.29) is 12.8 Å². The summed E-state index contributed by atoms with van der Waals surface area (Å²) in [6.45, 7) is 0. The van der Waals surface area contributed by atoms with Crippen LogP contribution in [-0.2, 0) is 10.0 Å². The highest BCUT2D eigenvalue weighted by Crippen LogP contribution is 2.43.